The van der Waals surface area contributed by atoms with Crippen molar-refractivity contribution in [3.63, 3.8) is 0 Å². The number of carbonyl (C=O) groups is 1. The molecule has 2 aromatic heterocycles. The van der Waals surface area contributed by atoms with Gasteiger partial charge in [0.05, 0.1) is 17.1 Å². The zero-order chi connectivity index (χ0) is 20.5. The quantitative estimate of drug-likeness (QED) is 0.681. The number of aryl methyl sites for hydroxylation is 1. The topological polar surface area (TPSA) is 117 Å². The fourth-order valence-electron chi connectivity index (χ4n) is 4.09. The third-order valence-corrected chi connectivity index (χ3v) is 5.37. The Morgan fingerprint density at radius 2 is 2.07 bits per heavy atom. The normalized spacial score (nSPS) is 16.8. The third kappa shape index (κ3) is 3.59. The van der Waals surface area contributed by atoms with E-state index in [0.717, 1.165) is 29.7 Å². The Balaban J connectivity index is 1.58. The number of para-hydroxylation sites is 2. The smallest absolute Gasteiger partial charge is 0.332 e. The maximum Gasteiger partial charge on any atom is 0.342 e. The summed E-state index contributed by atoms with van der Waals surface area (Å²) in [4.78, 5) is 44.7. The summed E-state index contributed by atoms with van der Waals surface area (Å²) < 4.78 is 2.21. The maximum atomic E-state index is 13.0. The van der Waals surface area contributed by atoms with Gasteiger partial charge >= 0.3 is 5.69 Å². The second kappa shape index (κ2) is 7.65. The minimum absolute atomic E-state index is 0.0396. The van der Waals surface area contributed by atoms with Crippen molar-refractivity contribution < 1.29 is 4.79 Å². The van der Waals surface area contributed by atoms with Crippen LogP contribution in [0.25, 0.3) is 11.0 Å². The minimum Gasteiger partial charge on any atom is -0.332 e. The number of likely N-dealkylation sites (tertiary alicyclic amines) is 1. The summed E-state index contributed by atoms with van der Waals surface area (Å²) in [6.45, 7) is 4.90. The number of rotatable bonds is 5. The van der Waals surface area contributed by atoms with Crippen LogP contribution in [0, 0.1) is 0 Å². The molecule has 2 N–H and O–H groups in total. The Morgan fingerprint density at radius 3 is 2.83 bits per heavy atom. The van der Waals surface area contributed by atoms with Gasteiger partial charge in [-0.05, 0) is 38.8 Å². The van der Waals surface area contributed by atoms with Crippen molar-refractivity contribution in [2.24, 2.45) is 0 Å². The van der Waals surface area contributed by atoms with E-state index in [2.05, 4.69) is 39.7 Å². The highest BCUT2D eigenvalue weighted by molar-refractivity contribution is 5.78. The number of hydrogen-bond donors (Lipinski definition) is 2. The Labute approximate surface area is 166 Å². The SMILES string of the molecule is CC(C)n1c([C@@H]2CCCN2C(=O)CCc2n[nH]c(=O)[nH]c2=O)nc2ccccc21. The Bertz CT molecular complexity index is 1160. The molecule has 0 radical (unpaired) electrons. The van der Waals surface area contributed by atoms with Crippen molar-refractivity contribution in [2.45, 2.75) is 51.6 Å². The largest absolute Gasteiger partial charge is 0.342 e. The summed E-state index contributed by atoms with van der Waals surface area (Å²) in [5, 5.41) is 5.96. The van der Waals surface area contributed by atoms with E-state index in [-0.39, 0.29) is 36.5 Å². The van der Waals surface area contributed by atoms with E-state index in [0.29, 0.717) is 6.54 Å². The van der Waals surface area contributed by atoms with Gasteiger partial charge in [-0.2, -0.15) is 5.10 Å². The number of H-pyrrole nitrogens is 2. The first kappa shape index (κ1) is 19.1. The Kier molecular flexibility index (Phi) is 5.04. The maximum absolute atomic E-state index is 13.0. The highest BCUT2D eigenvalue weighted by Crippen LogP contribution is 2.35. The van der Waals surface area contributed by atoms with E-state index in [1.165, 1.54) is 0 Å². The van der Waals surface area contributed by atoms with Crippen LogP contribution in [0.15, 0.2) is 33.9 Å². The lowest BCUT2D eigenvalue weighted by Crippen LogP contribution is -2.33. The van der Waals surface area contributed by atoms with E-state index in [1.54, 1.807) is 0 Å². The number of carbonyl (C=O) groups excluding carboxylic acids is 1. The van der Waals surface area contributed by atoms with E-state index in [9.17, 15) is 14.4 Å². The summed E-state index contributed by atoms with van der Waals surface area (Å²) in [6.07, 6.45) is 2.10. The average molecular weight is 396 g/mol. The lowest BCUT2D eigenvalue weighted by atomic mass is 10.1. The van der Waals surface area contributed by atoms with Crippen LogP contribution in [0.2, 0.25) is 0 Å². The van der Waals surface area contributed by atoms with E-state index in [1.807, 2.05) is 23.1 Å². The van der Waals surface area contributed by atoms with Crippen molar-refractivity contribution in [3.8, 4) is 0 Å². The molecule has 152 valence electrons. The number of nitrogens with zero attached hydrogens (tertiary/aromatic N) is 4. The first-order valence-electron chi connectivity index (χ1n) is 9.90. The minimum atomic E-state index is -0.655. The molecule has 1 fully saturated rings. The fraction of sp³-hybridized carbons (Fsp3) is 0.450. The average Bonchev–Trinajstić information content (AvgIpc) is 3.31. The lowest BCUT2D eigenvalue weighted by Gasteiger charge is -2.26. The van der Waals surface area contributed by atoms with Crippen molar-refractivity contribution in [3.05, 3.63) is 56.6 Å². The fourth-order valence-corrected chi connectivity index (χ4v) is 4.09. The molecule has 1 aliphatic heterocycles. The van der Waals surface area contributed by atoms with Crippen LogP contribution < -0.4 is 11.2 Å². The molecule has 29 heavy (non-hydrogen) atoms. The van der Waals surface area contributed by atoms with Gasteiger partial charge in [0.1, 0.15) is 11.5 Å². The third-order valence-electron chi connectivity index (χ3n) is 5.37. The molecule has 1 atom stereocenters. The van der Waals surface area contributed by atoms with Gasteiger partial charge in [-0.25, -0.2) is 14.9 Å². The van der Waals surface area contributed by atoms with Crippen LogP contribution >= 0.6 is 0 Å². The van der Waals surface area contributed by atoms with E-state index >= 15 is 0 Å². The van der Waals surface area contributed by atoms with Crippen LogP contribution in [-0.4, -0.2) is 42.1 Å². The molecule has 9 nitrogen and oxygen atoms in total. The first-order valence-corrected chi connectivity index (χ1v) is 9.90. The summed E-state index contributed by atoms with van der Waals surface area (Å²) in [7, 11) is 0. The molecule has 4 rings (SSSR count). The summed E-state index contributed by atoms with van der Waals surface area (Å²) in [6, 6.07) is 8.15. The summed E-state index contributed by atoms with van der Waals surface area (Å²) in [5.41, 5.74) is 0.946. The van der Waals surface area contributed by atoms with Crippen LogP contribution in [0.5, 0.6) is 0 Å². The molecule has 3 aromatic rings. The monoisotopic (exact) mass is 396 g/mol. The number of benzene rings is 1. The molecule has 1 amide bonds. The number of imidazole rings is 1. The number of amides is 1. The molecule has 1 saturated heterocycles. The molecule has 0 spiro atoms. The van der Waals surface area contributed by atoms with Gasteiger partial charge in [-0.1, -0.05) is 12.1 Å². The predicted octanol–water partition coefficient (Wildman–Crippen LogP) is 1.69. The number of fused-ring (bicyclic) bond motifs is 1. The molecule has 0 bridgehead atoms. The van der Waals surface area contributed by atoms with Crippen LogP contribution in [0.1, 0.15) is 56.7 Å². The zero-order valence-corrected chi connectivity index (χ0v) is 16.5. The van der Waals surface area contributed by atoms with Crippen LogP contribution in [-0.2, 0) is 11.2 Å². The number of nitrogens with one attached hydrogen (secondary N) is 2. The predicted molar refractivity (Wildman–Crippen MR) is 108 cm³/mol. The molecular formula is C20H24N6O3. The number of hydrogen-bond acceptors (Lipinski definition) is 5. The Morgan fingerprint density at radius 1 is 1.28 bits per heavy atom. The van der Waals surface area contributed by atoms with Gasteiger partial charge in [0.2, 0.25) is 5.91 Å². The molecular weight excluding hydrogens is 372 g/mol. The van der Waals surface area contributed by atoms with Crippen LogP contribution in [0.4, 0.5) is 0 Å². The highest BCUT2D eigenvalue weighted by Gasteiger charge is 2.34. The van der Waals surface area contributed by atoms with Gasteiger partial charge < -0.3 is 9.47 Å². The molecule has 1 aliphatic rings. The molecule has 0 unspecified atom stereocenters. The standard InChI is InChI=1S/C20H24N6O3/c1-12(2)26-15-7-4-3-6-13(15)21-18(26)16-8-5-11-25(16)17(27)10-9-14-19(28)22-20(29)24-23-14/h3-4,6-7,12,16H,5,8-11H2,1-2H3,(H2,22,24,28,29)/t16-/m0/s1. The van der Waals surface area contributed by atoms with Crippen molar-refractivity contribution in [1.82, 2.24) is 29.6 Å². The Hall–Kier alpha value is -3.23. The summed E-state index contributed by atoms with van der Waals surface area (Å²) >= 11 is 0. The van der Waals surface area contributed by atoms with Gasteiger partial charge in [0.25, 0.3) is 5.56 Å². The van der Waals surface area contributed by atoms with Gasteiger partial charge in [0.15, 0.2) is 0 Å². The van der Waals surface area contributed by atoms with Crippen molar-refractivity contribution >= 4 is 16.9 Å². The zero-order valence-electron chi connectivity index (χ0n) is 16.5. The van der Waals surface area contributed by atoms with Crippen molar-refractivity contribution in [1.29, 1.82) is 0 Å². The van der Waals surface area contributed by atoms with Crippen LogP contribution in [0.3, 0.4) is 0 Å². The first-order chi connectivity index (χ1) is 14.0. The van der Waals surface area contributed by atoms with Gasteiger partial charge in [0, 0.05) is 25.4 Å². The van der Waals surface area contributed by atoms with Gasteiger partial charge in [-0.3, -0.25) is 14.6 Å². The number of aromatic nitrogens is 5. The lowest BCUT2D eigenvalue weighted by molar-refractivity contribution is -0.132. The molecule has 9 heteroatoms. The summed E-state index contributed by atoms with van der Waals surface area (Å²) in [5.74, 6) is 0.870. The van der Waals surface area contributed by atoms with E-state index < -0.39 is 11.2 Å². The molecule has 1 aromatic carbocycles. The second-order valence-corrected chi connectivity index (χ2v) is 7.62. The van der Waals surface area contributed by atoms with Gasteiger partial charge in [-0.15, -0.1) is 0 Å². The molecule has 0 saturated carbocycles. The highest BCUT2D eigenvalue weighted by atomic mass is 16.2. The molecule has 0 aliphatic carbocycles. The number of aromatic amines is 2. The van der Waals surface area contributed by atoms with Crippen molar-refractivity contribution in [2.75, 3.05) is 6.54 Å². The second-order valence-electron chi connectivity index (χ2n) is 7.62. The van der Waals surface area contributed by atoms with E-state index in [4.69, 9.17) is 4.98 Å². The molecule has 3 heterocycles.